The molecule has 0 saturated carbocycles. The fourth-order valence-corrected chi connectivity index (χ4v) is 1.68. The number of aromatic nitrogens is 2. The van der Waals surface area contributed by atoms with Gasteiger partial charge in [0.25, 0.3) is 0 Å². The summed E-state index contributed by atoms with van der Waals surface area (Å²) in [4.78, 5) is 2.33. The molecule has 1 aromatic heterocycles. The molecule has 0 radical (unpaired) electrons. The van der Waals surface area contributed by atoms with Crippen molar-refractivity contribution >= 4 is 0 Å². The first-order valence-corrected chi connectivity index (χ1v) is 5.81. The summed E-state index contributed by atoms with van der Waals surface area (Å²) in [7, 11) is 0. The highest BCUT2D eigenvalue weighted by Gasteiger charge is 2.22. The summed E-state index contributed by atoms with van der Waals surface area (Å²) < 4.78 is 5.67. The third kappa shape index (κ3) is 2.80. The van der Waals surface area contributed by atoms with Crippen molar-refractivity contribution in [2.24, 2.45) is 0 Å². The van der Waals surface area contributed by atoms with Crippen LogP contribution in [0, 0.1) is 0 Å². The Bertz CT molecular complexity index is 336. The van der Waals surface area contributed by atoms with E-state index in [1.165, 1.54) is 0 Å². The van der Waals surface area contributed by atoms with Crippen molar-refractivity contribution in [1.82, 2.24) is 20.4 Å². The minimum absolute atomic E-state index is 0.0608. The van der Waals surface area contributed by atoms with Gasteiger partial charge >= 0.3 is 0 Å². The average Bonchev–Trinajstić information content (AvgIpc) is 2.67. The Labute approximate surface area is 96.2 Å². The molecule has 0 aromatic carbocycles. The van der Waals surface area contributed by atoms with Gasteiger partial charge in [0.15, 0.2) is 0 Å². The summed E-state index contributed by atoms with van der Waals surface area (Å²) >= 11 is 0. The predicted octanol–water partition coefficient (Wildman–Crippen LogP) is 0.772. The summed E-state index contributed by atoms with van der Waals surface area (Å²) in [6.45, 7) is 11.2. The number of nitrogens with zero attached hydrogens (tertiary/aromatic N) is 3. The monoisotopic (exact) mass is 224 g/mol. The van der Waals surface area contributed by atoms with Crippen LogP contribution in [0.4, 0.5) is 0 Å². The van der Waals surface area contributed by atoms with Crippen LogP contribution >= 0.6 is 0 Å². The highest BCUT2D eigenvalue weighted by atomic mass is 16.4. The second kappa shape index (κ2) is 4.51. The first-order chi connectivity index (χ1) is 7.55. The van der Waals surface area contributed by atoms with E-state index in [1.54, 1.807) is 0 Å². The third-order valence-electron chi connectivity index (χ3n) is 2.68. The van der Waals surface area contributed by atoms with Crippen molar-refractivity contribution < 1.29 is 4.42 Å². The maximum atomic E-state index is 5.67. The van der Waals surface area contributed by atoms with Crippen LogP contribution < -0.4 is 5.32 Å². The van der Waals surface area contributed by atoms with Crippen molar-refractivity contribution in [2.75, 3.05) is 26.2 Å². The van der Waals surface area contributed by atoms with Crippen molar-refractivity contribution in [2.45, 2.75) is 32.7 Å². The molecule has 0 unspecified atom stereocenters. The summed E-state index contributed by atoms with van der Waals surface area (Å²) in [5.41, 5.74) is -0.0608. The highest BCUT2D eigenvalue weighted by Crippen LogP contribution is 2.20. The first kappa shape index (κ1) is 11.5. The molecule has 16 heavy (non-hydrogen) atoms. The van der Waals surface area contributed by atoms with E-state index >= 15 is 0 Å². The molecule has 5 heteroatoms. The van der Waals surface area contributed by atoms with Crippen molar-refractivity contribution in [3.8, 4) is 0 Å². The van der Waals surface area contributed by atoms with Crippen molar-refractivity contribution in [3.63, 3.8) is 0 Å². The standard InChI is InChI=1S/C11H20N4O/c1-11(2,3)10-14-13-9(16-10)8-15-6-4-12-5-7-15/h12H,4-8H2,1-3H3. The Kier molecular flexibility index (Phi) is 3.25. The number of rotatable bonds is 2. The zero-order valence-corrected chi connectivity index (χ0v) is 10.3. The van der Waals surface area contributed by atoms with Crippen LogP contribution in [-0.2, 0) is 12.0 Å². The molecule has 0 aliphatic carbocycles. The lowest BCUT2D eigenvalue weighted by Crippen LogP contribution is -2.42. The fraction of sp³-hybridized carbons (Fsp3) is 0.818. The smallest absolute Gasteiger partial charge is 0.230 e. The van der Waals surface area contributed by atoms with Crippen molar-refractivity contribution in [1.29, 1.82) is 0 Å². The zero-order valence-electron chi connectivity index (χ0n) is 10.3. The Morgan fingerprint density at radius 3 is 2.50 bits per heavy atom. The largest absolute Gasteiger partial charge is 0.423 e. The Balaban J connectivity index is 1.97. The van der Waals surface area contributed by atoms with Crippen LogP contribution in [0.15, 0.2) is 4.42 Å². The van der Waals surface area contributed by atoms with Gasteiger partial charge in [-0.3, -0.25) is 4.90 Å². The molecule has 0 spiro atoms. The van der Waals surface area contributed by atoms with Gasteiger partial charge < -0.3 is 9.73 Å². The number of hydrogen-bond acceptors (Lipinski definition) is 5. The Hall–Kier alpha value is -0.940. The Morgan fingerprint density at radius 2 is 1.94 bits per heavy atom. The van der Waals surface area contributed by atoms with Crippen molar-refractivity contribution in [3.05, 3.63) is 11.8 Å². The Morgan fingerprint density at radius 1 is 1.25 bits per heavy atom. The molecular weight excluding hydrogens is 204 g/mol. The molecule has 0 amide bonds. The molecule has 90 valence electrons. The van der Waals surface area contributed by atoms with E-state index in [-0.39, 0.29) is 5.41 Å². The molecular formula is C11H20N4O. The molecule has 1 fully saturated rings. The summed E-state index contributed by atoms with van der Waals surface area (Å²) in [6, 6.07) is 0. The van der Waals surface area contributed by atoms with Gasteiger partial charge in [-0.1, -0.05) is 20.8 Å². The third-order valence-corrected chi connectivity index (χ3v) is 2.68. The zero-order chi connectivity index (χ0) is 11.6. The molecule has 1 aliphatic heterocycles. The van der Waals surface area contributed by atoms with Crippen LogP contribution in [0.25, 0.3) is 0 Å². The molecule has 5 nitrogen and oxygen atoms in total. The van der Waals surface area contributed by atoms with Gasteiger partial charge in [0.1, 0.15) is 0 Å². The fourth-order valence-electron chi connectivity index (χ4n) is 1.68. The quantitative estimate of drug-likeness (QED) is 0.804. The molecule has 1 aliphatic rings. The minimum Gasteiger partial charge on any atom is -0.423 e. The molecule has 1 saturated heterocycles. The second-order valence-corrected chi connectivity index (χ2v) is 5.28. The van der Waals surface area contributed by atoms with E-state index in [0.717, 1.165) is 44.5 Å². The number of hydrogen-bond donors (Lipinski definition) is 1. The molecule has 0 atom stereocenters. The van der Waals surface area contributed by atoms with Crippen LogP contribution in [0.1, 0.15) is 32.6 Å². The van der Waals surface area contributed by atoms with Gasteiger partial charge in [-0.25, -0.2) is 0 Å². The molecule has 1 aromatic rings. The van der Waals surface area contributed by atoms with Gasteiger partial charge in [0.05, 0.1) is 6.54 Å². The van der Waals surface area contributed by atoms with Crippen LogP contribution in [0.5, 0.6) is 0 Å². The van der Waals surface area contributed by atoms with Crippen LogP contribution in [0.3, 0.4) is 0 Å². The minimum atomic E-state index is -0.0608. The maximum Gasteiger partial charge on any atom is 0.230 e. The summed E-state index contributed by atoms with van der Waals surface area (Å²) in [6.07, 6.45) is 0. The van der Waals surface area contributed by atoms with E-state index < -0.39 is 0 Å². The lowest BCUT2D eigenvalue weighted by atomic mass is 9.97. The van der Waals surface area contributed by atoms with E-state index in [1.807, 2.05) is 0 Å². The van der Waals surface area contributed by atoms with E-state index in [0.29, 0.717) is 0 Å². The maximum absolute atomic E-state index is 5.67. The SMILES string of the molecule is CC(C)(C)c1nnc(CN2CCNCC2)o1. The average molecular weight is 224 g/mol. The lowest BCUT2D eigenvalue weighted by molar-refractivity contribution is 0.208. The molecule has 0 bridgehead atoms. The summed E-state index contributed by atoms with van der Waals surface area (Å²) in [5, 5.41) is 11.5. The number of nitrogens with one attached hydrogen (secondary N) is 1. The van der Waals surface area contributed by atoms with E-state index in [2.05, 4.69) is 41.2 Å². The predicted molar refractivity (Wildman–Crippen MR) is 61.1 cm³/mol. The number of piperazine rings is 1. The second-order valence-electron chi connectivity index (χ2n) is 5.28. The molecule has 2 heterocycles. The van der Waals surface area contributed by atoms with E-state index in [9.17, 15) is 0 Å². The van der Waals surface area contributed by atoms with Gasteiger partial charge in [-0.2, -0.15) is 0 Å². The van der Waals surface area contributed by atoms with Gasteiger partial charge in [0.2, 0.25) is 11.8 Å². The van der Waals surface area contributed by atoms with Gasteiger partial charge in [-0.05, 0) is 0 Å². The lowest BCUT2D eigenvalue weighted by Gasteiger charge is -2.25. The topological polar surface area (TPSA) is 54.2 Å². The first-order valence-electron chi connectivity index (χ1n) is 5.81. The molecule has 1 N–H and O–H groups in total. The van der Waals surface area contributed by atoms with Crippen LogP contribution in [0.2, 0.25) is 0 Å². The van der Waals surface area contributed by atoms with Gasteiger partial charge in [-0.15, -0.1) is 10.2 Å². The molecule has 2 rings (SSSR count). The highest BCUT2D eigenvalue weighted by molar-refractivity contribution is 4.96. The van der Waals surface area contributed by atoms with Crippen LogP contribution in [-0.4, -0.2) is 41.3 Å². The van der Waals surface area contributed by atoms with E-state index in [4.69, 9.17) is 4.42 Å². The van der Waals surface area contributed by atoms with Gasteiger partial charge in [0, 0.05) is 31.6 Å². The summed E-state index contributed by atoms with van der Waals surface area (Å²) in [5.74, 6) is 1.45. The normalized spacial score (nSPS) is 18.9.